The van der Waals surface area contributed by atoms with Crippen LogP contribution in [0, 0.1) is 0 Å². The molecule has 0 radical (unpaired) electrons. The first kappa shape index (κ1) is 10.8. The summed E-state index contributed by atoms with van der Waals surface area (Å²) >= 11 is 3.55. The molecule has 0 saturated heterocycles. The van der Waals surface area contributed by atoms with Gasteiger partial charge in [0.1, 0.15) is 0 Å². The first-order chi connectivity index (χ1) is 8.43. The van der Waals surface area contributed by atoms with E-state index in [1.807, 2.05) is 17.3 Å². The Morgan fingerprint density at radius 3 is 2.76 bits per heavy atom. The van der Waals surface area contributed by atoms with Gasteiger partial charge in [-0.2, -0.15) is 0 Å². The lowest BCUT2D eigenvalue weighted by atomic mass is 10.2. The number of thioether (sulfide) groups is 1. The predicted molar refractivity (Wildman–Crippen MR) is 75.6 cm³/mol. The van der Waals surface area contributed by atoms with Gasteiger partial charge in [0.15, 0.2) is 0 Å². The van der Waals surface area contributed by atoms with Crippen LogP contribution in [-0.2, 0) is 5.75 Å². The Bertz CT molecular complexity index is 616. The van der Waals surface area contributed by atoms with Crippen LogP contribution >= 0.6 is 23.1 Å². The van der Waals surface area contributed by atoms with Crippen LogP contribution in [0.1, 0.15) is 5.56 Å². The molecule has 0 N–H and O–H groups in total. The Balaban J connectivity index is 1.84. The molecule has 3 aromatic rings. The predicted octanol–water partition coefficient (Wildman–Crippen LogP) is 4.59. The van der Waals surface area contributed by atoms with Gasteiger partial charge < -0.3 is 0 Å². The summed E-state index contributed by atoms with van der Waals surface area (Å²) in [6.45, 7) is 0. The average Bonchev–Trinajstić information content (AvgIpc) is 2.86. The Labute approximate surface area is 109 Å². The van der Waals surface area contributed by atoms with Crippen LogP contribution in [0.5, 0.6) is 0 Å². The van der Waals surface area contributed by atoms with E-state index < -0.39 is 0 Å². The number of nitrogens with zero attached hydrogens (tertiary/aromatic N) is 1. The fourth-order valence-electron chi connectivity index (χ4n) is 1.71. The number of aromatic nitrogens is 1. The number of hydrogen-bond donors (Lipinski definition) is 0. The molecule has 17 heavy (non-hydrogen) atoms. The zero-order valence-electron chi connectivity index (χ0n) is 9.17. The second-order valence-electron chi connectivity index (χ2n) is 3.73. The molecule has 0 bridgehead atoms. The highest BCUT2D eigenvalue weighted by Gasteiger charge is 2.03. The molecule has 0 aliphatic heterocycles. The van der Waals surface area contributed by atoms with Crippen LogP contribution < -0.4 is 0 Å². The Hall–Kier alpha value is -1.32. The molecule has 84 valence electrons. The first-order valence-corrected chi connectivity index (χ1v) is 7.29. The minimum Gasteiger partial charge on any atom is -0.243 e. The maximum absolute atomic E-state index is 4.43. The van der Waals surface area contributed by atoms with Crippen LogP contribution in [0.15, 0.2) is 58.9 Å². The van der Waals surface area contributed by atoms with Crippen molar-refractivity contribution < 1.29 is 0 Å². The van der Waals surface area contributed by atoms with E-state index in [-0.39, 0.29) is 0 Å². The third kappa shape index (κ3) is 2.35. The molecular weight excluding hydrogens is 246 g/mol. The molecule has 2 aromatic carbocycles. The van der Waals surface area contributed by atoms with Gasteiger partial charge in [0, 0.05) is 10.6 Å². The van der Waals surface area contributed by atoms with Crippen LogP contribution in [-0.4, -0.2) is 4.98 Å². The van der Waals surface area contributed by atoms with Gasteiger partial charge in [-0.15, -0.1) is 23.1 Å². The molecule has 3 rings (SSSR count). The molecule has 1 heterocycles. The quantitative estimate of drug-likeness (QED) is 0.637. The second kappa shape index (κ2) is 4.90. The summed E-state index contributed by atoms with van der Waals surface area (Å²) in [6, 6.07) is 16.9. The number of hydrogen-bond acceptors (Lipinski definition) is 3. The van der Waals surface area contributed by atoms with Crippen LogP contribution in [0.3, 0.4) is 0 Å². The van der Waals surface area contributed by atoms with Crippen molar-refractivity contribution in [1.29, 1.82) is 0 Å². The molecule has 1 aromatic heterocycles. The van der Waals surface area contributed by atoms with Gasteiger partial charge in [-0.05, 0) is 17.7 Å². The lowest BCUT2D eigenvalue weighted by Gasteiger charge is -2.02. The molecule has 0 aliphatic carbocycles. The molecule has 1 nitrogen and oxygen atoms in total. The zero-order chi connectivity index (χ0) is 11.5. The molecular formula is C14H11NS2. The van der Waals surface area contributed by atoms with E-state index in [1.165, 1.54) is 15.2 Å². The molecule has 0 atom stereocenters. The summed E-state index contributed by atoms with van der Waals surface area (Å²) < 4.78 is 1.27. The van der Waals surface area contributed by atoms with Gasteiger partial charge in [-0.25, -0.2) is 4.98 Å². The van der Waals surface area contributed by atoms with E-state index in [0.29, 0.717) is 0 Å². The lowest BCUT2D eigenvalue weighted by molar-refractivity contribution is 1.37. The van der Waals surface area contributed by atoms with Gasteiger partial charge in [-0.3, -0.25) is 0 Å². The van der Waals surface area contributed by atoms with Crippen molar-refractivity contribution in [3.63, 3.8) is 0 Å². The molecule has 0 spiro atoms. The van der Waals surface area contributed by atoms with Gasteiger partial charge in [-0.1, -0.05) is 36.4 Å². The topological polar surface area (TPSA) is 12.9 Å². The molecule has 0 saturated carbocycles. The first-order valence-electron chi connectivity index (χ1n) is 5.42. The third-order valence-corrected chi connectivity index (χ3v) is 4.47. The van der Waals surface area contributed by atoms with Crippen molar-refractivity contribution in [2.24, 2.45) is 0 Å². The summed E-state index contributed by atoms with van der Waals surface area (Å²) in [5.41, 5.74) is 4.40. The maximum atomic E-state index is 4.43. The van der Waals surface area contributed by atoms with Crippen molar-refractivity contribution in [3.8, 4) is 0 Å². The van der Waals surface area contributed by atoms with Crippen molar-refractivity contribution in [1.82, 2.24) is 4.98 Å². The number of benzene rings is 2. The standard InChI is InChI=1S/C14H11NS2/c1-2-5-11(6-3-1)9-16-12-7-4-8-13-14(12)15-10-17-13/h1-8,10H,9H2. The highest BCUT2D eigenvalue weighted by Crippen LogP contribution is 2.30. The van der Waals surface area contributed by atoms with Gasteiger partial charge in [0.25, 0.3) is 0 Å². The van der Waals surface area contributed by atoms with Gasteiger partial charge in [0.05, 0.1) is 15.7 Å². The van der Waals surface area contributed by atoms with Crippen molar-refractivity contribution >= 4 is 33.3 Å². The normalized spacial score (nSPS) is 10.8. The number of fused-ring (bicyclic) bond motifs is 1. The van der Waals surface area contributed by atoms with Crippen molar-refractivity contribution in [2.45, 2.75) is 10.6 Å². The van der Waals surface area contributed by atoms with E-state index >= 15 is 0 Å². The van der Waals surface area contributed by atoms with Crippen LogP contribution in [0.25, 0.3) is 10.2 Å². The molecule has 0 unspecified atom stereocenters. The highest BCUT2D eigenvalue weighted by atomic mass is 32.2. The van der Waals surface area contributed by atoms with E-state index in [1.54, 1.807) is 11.3 Å². The number of para-hydroxylation sites is 1. The van der Waals surface area contributed by atoms with E-state index in [9.17, 15) is 0 Å². The molecule has 0 fully saturated rings. The Morgan fingerprint density at radius 1 is 1.00 bits per heavy atom. The van der Waals surface area contributed by atoms with Crippen molar-refractivity contribution in [2.75, 3.05) is 0 Å². The number of rotatable bonds is 3. The molecule has 3 heteroatoms. The average molecular weight is 257 g/mol. The lowest BCUT2D eigenvalue weighted by Crippen LogP contribution is -1.80. The molecule has 0 aliphatic rings. The van der Waals surface area contributed by atoms with E-state index in [4.69, 9.17) is 0 Å². The van der Waals surface area contributed by atoms with E-state index in [0.717, 1.165) is 11.3 Å². The summed E-state index contributed by atoms with van der Waals surface area (Å²) in [6.07, 6.45) is 0. The summed E-state index contributed by atoms with van der Waals surface area (Å²) in [7, 11) is 0. The summed E-state index contributed by atoms with van der Waals surface area (Å²) in [5.74, 6) is 0.997. The minimum absolute atomic E-state index is 0.997. The smallest absolute Gasteiger partial charge is 0.0947 e. The second-order valence-corrected chi connectivity index (χ2v) is 5.63. The maximum Gasteiger partial charge on any atom is 0.0947 e. The summed E-state index contributed by atoms with van der Waals surface area (Å²) in [5, 5.41) is 0. The Morgan fingerprint density at radius 2 is 1.88 bits per heavy atom. The zero-order valence-corrected chi connectivity index (χ0v) is 10.8. The van der Waals surface area contributed by atoms with Crippen LogP contribution in [0.4, 0.5) is 0 Å². The highest BCUT2D eigenvalue weighted by molar-refractivity contribution is 7.98. The van der Waals surface area contributed by atoms with Gasteiger partial charge in [0.2, 0.25) is 0 Å². The summed E-state index contributed by atoms with van der Waals surface area (Å²) in [4.78, 5) is 5.70. The largest absolute Gasteiger partial charge is 0.243 e. The SMILES string of the molecule is c1ccc(CSc2cccc3scnc23)cc1. The van der Waals surface area contributed by atoms with Crippen LogP contribution in [0.2, 0.25) is 0 Å². The Kier molecular flexibility index (Phi) is 3.12. The minimum atomic E-state index is 0.997. The fraction of sp³-hybridized carbons (Fsp3) is 0.0714. The van der Waals surface area contributed by atoms with Crippen molar-refractivity contribution in [3.05, 3.63) is 59.6 Å². The monoisotopic (exact) mass is 257 g/mol. The van der Waals surface area contributed by atoms with E-state index in [2.05, 4.69) is 53.5 Å². The number of thiazole rings is 1. The van der Waals surface area contributed by atoms with Gasteiger partial charge >= 0.3 is 0 Å². The third-order valence-electron chi connectivity index (χ3n) is 2.56. The molecule has 0 amide bonds. The fourth-order valence-corrected chi connectivity index (χ4v) is 3.47.